The van der Waals surface area contributed by atoms with Gasteiger partial charge in [0.25, 0.3) is 0 Å². The Morgan fingerprint density at radius 1 is 1.32 bits per heavy atom. The monoisotopic (exact) mass is 291 g/mol. The lowest BCUT2D eigenvalue weighted by atomic mass is 9.98. The smallest absolute Gasteiger partial charge is 0.331 e. The van der Waals surface area contributed by atoms with Crippen molar-refractivity contribution >= 4 is 21.7 Å². The van der Waals surface area contributed by atoms with Gasteiger partial charge in [-0.3, -0.25) is 4.79 Å². The Morgan fingerprint density at radius 2 is 2.05 bits per heavy atom. The second-order valence-electron chi connectivity index (χ2n) is 5.03. The van der Waals surface area contributed by atoms with Gasteiger partial charge in [-0.25, -0.2) is 13.2 Å². The van der Waals surface area contributed by atoms with Crippen molar-refractivity contribution in [3.05, 3.63) is 0 Å². The van der Waals surface area contributed by atoms with Crippen LogP contribution in [-0.2, 0) is 24.2 Å². The Kier molecular flexibility index (Phi) is 3.82. The minimum absolute atomic E-state index is 0.0122. The van der Waals surface area contributed by atoms with Gasteiger partial charge in [0.15, 0.2) is 15.4 Å². The van der Waals surface area contributed by atoms with Gasteiger partial charge in [0.05, 0.1) is 12.4 Å². The van der Waals surface area contributed by atoms with Crippen LogP contribution in [0.3, 0.4) is 0 Å². The zero-order chi connectivity index (χ0) is 14.1. The highest BCUT2D eigenvalue weighted by Crippen LogP contribution is 2.23. The Morgan fingerprint density at radius 3 is 2.58 bits per heavy atom. The van der Waals surface area contributed by atoms with Gasteiger partial charge in [0, 0.05) is 13.0 Å². The number of nitrogens with one attached hydrogen (secondary N) is 1. The first-order valence-corrected chi connectivity index (χ1v) is 7.94. The molecule has 2 fully saturated rings. The highest BCUT2D eigenvalue weighted by molar-refractivity contribution is 7.92. The van der Waals surface area contributed by atoms with Crippen LogP contribution in [0.2, 0.25) is 0 Å². The molecule has 0 aliphatic carbocycles. The van der Waals surface area contributed by atoms with E-state index in [0.717, 1.165) is 0 Å². The highest BCUT2D eigenvalue weighted by Gasteiger charge is 2.46. The highest BCUT2D eigenvalue weighted by atomic mass is 32.2. The molecule has 108 valence electrons. The number of amides is 1. The van der Waals surface area contributed by atoms with Crippen LogP contribution in [-0.4, -0.2) is 55.2 Å². The van der Waals surface area contributed by atoms with Crippen molar-refractivity contribution < 1.29 is 27.9 Å². The van der Waals surface area contributed by atoms with Gasteiger partial charge in [-0.2, -0.15) is 0 Å². The van der Waals surface area contributed by atoms with Crippen LogP contribution in [0.5, 0.6) is 0 Å². The Bertz CT molecular complexity index is 479. The Hall–Kier alpha value is -1.15. The number of carbonyl (C=O) groups excluding carboxylic acids is 1. The quantitative estimate of drug-likeness (QED) is 0.712. The van der Waals surface area contributed by atoms with Gasteiger partial charge >= 0.3 is 5.97 Å². The number of aliphatic carboxylic acids is 1. The fraction of sp³-hybridized carbons (Fsp3) is 0.818. The molecule has 0 spiro atoms. The van der Waals surface area contributed by atoms with Crippen molar-refractivity contribution in [1.29, 1.82) is 0 Å². The first-order chi connectivity index (χ1) is 8.87. The number of carboxylic acid groups (broad SMARTS) is 1. The molecule has 7 nitrogen and oxygen atoms in total. The van der Waals surface area contributed by atoms with Crippen LogP contribution < -0.4 is 5.32 Å². The van der Waals surface area contributed by atoms with Crippen LogP contribution in [0.15, 0.2) is 0 Å². The predicted octanol–water partition coefficient (Wildman–Crippen LogP) is -0.686. The van der Waals surface area contributed by atoms with E-state index in [1.807, 2.05) is 0 Å². The lowest BCUT2D eigenvalue weighted by Gasteiger charge is -2.28. The molecule has 2 aliphatic heterocycles. The Balaban J connectivity index is 2.14. The lowest BCUT2D eigenvalue weighted by molar-refractivity contribution is -0.147. The van der Waals surface area contributed by atoms with Crippen molar-refractivity contribution in [3.63, 3.8) is 0 Å². The molecule has 0 aromatic carbocycles. The molecule has 2 aliphatic rings. The minimum Gasteiger partial charge on any atom is -0.479 e. The second kappa shape index (κ2) is 5.09. The molecule has 2 heterocycles. The van der Waals surface area contributed by atoms with Gasteiger partial charge in [0.1, 0.15) is 5.25 Å². The summed E-state index contributed by atoms with van der Waals surface area (Å²) in [5.41, 5.74) is -1.48. The summed E-state index contributed by atoms with van der Waals surface area (Å²) in [5, 5.41) is 10.4. The van der Waals surface area contributed by atoms with Gasteiger partial charge in [-0.1, -0.05) is 6.42 Å². The summed E-state index contributed by atoms with van der Waals surface area (Å²) >= 11 is 0. The lowest BCUT2D eigenvalue weighted by Crippen LogP contribution is -2.58. The van der Waals surface area contributed by atoms with Crippen molar-refractivity contribution in [1.82, 2.24) is 5.32 Å². The van der Waals surface area contributed by atoms with E-state index in [2.05, 4.69) is 5.32 Å². The summed E-state index contributed by atoms with van der Waals surface area (Å²) in [5.74, 6) is -1.92. The number of hydrogen-bond acceptors (Lipinski definition) is 5. The maximum Gasteiger partial charge on any atom is 0.331 e. The van der Waals surface area contributed by atoms with Crippen molar-refractivity contribution in [2.45, 2.75) is 36.5 Å². The number of carbonyl (C=O) groups is 2. The molecular formula is C11H17NO6S. The van der Waals surface area contributed by atoms with Crippen LogP contribution in [0.25, 0.3) is 0 Å². The van der Waals surface area contributed by atoms with Gasteiger partial charge in [0.2, 0.25) is 5.91 Å². The molecule has 2 atom stereocenters. The molecule has 1 amide bonds. The van der Waals surface area contributed by atoms with E-state index in [1.54, 1.807) is 0 Å². The van der Waals surface area contributed by atoms with E-state index in [9.17, 15) is 23.1 Å². The number of sulfone groups is 1. The third kappa shape index (κ3) is 2.74. The zero-order valence-electron chi connectivity index (χ0n) is 10.4. The standard InChI is InChI=1S/C11H17NO6S/c13-9(8-3-1-2-6-19(8,16)17)12-11(10(14)15)4-5-18-7-11/h8H,1-7H2,(H,12,13)(H,14,15). The first-order valence-electron chi connectivity index (χ1n) is 6.22. The fourth-order valence-electron chi connectivity index (χ4n) is 2.45. The van der Waals surface area contributed by atoms with Crippen molar-refractivity contribution in [3.8, 4) is 0 Å². The van der Waals surface area contributed by atoms with Crippen LogP contribution >= 0.6 is 0 Å². The van der Waals surface area contributed by atoms with E-state index in [-0.39, 0.29) is 31.8 Å². The zero-order valence-corrected chi connectivity index (χ0v) is 11.2. The first kappa shape index (κ1) is 14.3. The summed E-state index contributed by atoms with van der Waals surface area (Å²) in [6.07, 6.45) is 1.62. The second-order valence-corrected chi connectivity index (χ2v) is 7.33. The normalized spacial score (nSPS) is 33.8. The van der Waals surface area contributed by atoms with Crippen LogP contribution in [0.1, 0.15) is 25.7 Å². The molecule has 0 saturated carbocycles. The van der Waals surface area contributed by atoms with E-state index in [0.29, 0.717) is 12.8 Å². The molecule has 8 heteroatoms. The van der Waals surface area contributed by atoms with E-state index >= 15 is 0 Å². The molecule has 0 bridgehead atoms. The molecule has 19 heavy (non-hydrogen) atoms. The largest absolute Gasteiger partial charge is 0.479 e. The molecular weight excluding hydrogens is 274 g/mol. The third-order valence-corrected chi connectivity index (χ3v) is 5.84. The fourth-order valence-corrected chi connectivity index (χ4v) is 4.25. The summed E-state index contributed by atoms with van der Waals surface area (Å²) in [6.45, 7) is 0.116. The van der Waals surface area contributed by atoms with E-state index < -0.39 is 32.5 Å². The maximum atomic E-state index is 12.1. The van der Waals surface area contributed by atoms with Crippen molar-refractivity contribution in [2.75, 3.05) is 19.0 Å². The minimum atomic E-state index is -3.46. The average Bonchev–Trinajstić information content (AvgIpc) is 2.78. The van der Waals surface area contributed by atoms with E-state index in [4.69, 9.17) is 4.74 Å². The van der Waals surface area contributed by atoms with Crippen molar-refractivity contribution in [2.24, 2.45) is 0 Å². The maximum absolute atomic E-state index is 12.1. The summed E-state index contributed by atoms with van der Waals surface area (Å²) < 4.78 is 28.7. The number of hydrogen-bond donors (Lipinski definition) is 2. The van der Waals surface area contributed by atoms with Gasteiger partial charge in [-0.15, -0.1) is 0 Å². The Labute approximate surface area is 111 Å². The van der Waals surface area contributed by atoms with Gasteiger partial charge in [-0.05, 0) is 12.8 Å². The van der Waals surface area contributed by atoms with E-state index in [1.165, 1.54) is 0 Å². The molecule has 2 saturated heterocycles. The molecule has 0 aromatic heterocycles. The molecule has 2 N–H and O–H groups in total. The average molecular weight is 291 g/mol. The molecule has 2 unspecified atom stereocenters. The number of ether oxygens (including phenoxy) is 1. The molecule has 0 aromatic rings. The summed E-state index contributed by atoms with van der Waals surface area (Å²) in [6, 6.07) is 0. The molecule has 0 radical (unpaired) electrons. The topological polar surface area (TPSA) is 110 Å². The predicted molar refractivity (Wildman–Crippen MR) is 65.4 cm³/mol. The number of carboxylic acids is 1. The van der Waals surface area contributed by atoms with Crippen LogP contribution in [0, 0.1) is 0 Å². The summed E-state index contributed by atoms with van der Waals surface area (Å²) in [4.78, 5) is 23.3. The number of rotatable bonds is 3. The SMILES string of the molecule is O=C(NC1(C(=O)O)CCOC1)C1CCCCS1(=O)=O. The van der Waals surface area contributed by atoms with Crippen LogP contribution in [0.4, 0.5) is 0 Å². The molecule has 2 rings (SSSR count). The summed E-state index contributed by atoms with van der Waals surface area (Å²) in [7, 11) is -3.46. The third-order valence-electron chi connectivity index (χ3n) is 3.66. The van der Waals surface area contributed by atoms with Gasteiger partial charge < -0.3 is 15.2 Å².